The zero-order chi connectivity index (χ0) is 14.0. The predicted molar refractivity (Wildman–Crippen MR) is 88.7 cm³/mol. The zero-order valence-electron chi connectivity index (χ0n) is 10.6. The zero-order valence-corrected chi connectivity index (χ0v) is 14.6. The van der Waals surface area contributed by atoms with Crippen molar-refractivity contribution in [1.82, 2.24) is 5.32 Å². The number of hydrogen-bond acceptors (Lipinski definition) is 2. The number of benzene rings is 1. The maximum atomic E-state index is 6.18. The quantitative estimate of drug-likeness (QED) is 0.706. The molecule has 1 atom stereocenters. The summed E-state index contributed by atoms with van der Waals surface area (Å²) in [5, 5.41) is 4.21. The molecule has 0 saturated carbocycles. The molecule has 19 heavy (non-hydrogen) atoms. The van der Waals surface area contributed by atoms with E-state index in [1.165, 1.54) is 4.88 Å². The molecule has 102 valence electrons. The minimum atomic E-state index is 0.121. The first-order valence-corrected chi connectivity index (χ1v) is 8.33. The Hall–Kier alpha value is -0.0600. The van der Waals surface area contributed by atoms with E-state index >= 15 is 0 Å². The molecule has 1 aromatic carbocycles. The molecule has 0 spiro atoms. The van der Waals surface area contributed by atoms with Gasteiger partial charge >= 0.3 is 0 Å². The second-order valence-corrected chi connectivity index (χ2v) is 7.34. The Balaban J connectivity index is 2.44. The number of halogens is 3. The Kier molecular flexibility index (Phi) is 5.32. The third-order valence-corrected chi connectivity index (χ3v) is 5.08. The lowest BCUT2D eigenvalue weighted by molar-refractivity contribution is 0.639. The summed E-state index contributed by atoms with van der Waals surface area (Å²) in [7, 11) is 0. The van der Waals surface area contributed by atoms with Crippen molar-refractivity contribution in [2.75, 3.05) is 6.54 Å². The van der Waals surface area contributed by atoms with Crippen LogP contribution in [0.3, 0.4) is 0 Å². The topological polar surface area (TPSA) is 12.0 Å². The molecule has 5 heteroatoms. The number of thiophene rings is 1. The van der Waals surface area contributed by atoms with Gasteiger partial charge in [-0.15, -0.1) is 11.3 Å². The van der Waals surface area contributed by atoms with Crippen LogP contribution in [0.5, 0.6) is 0 Å². The largest absolute Gasteiger partial charge is 0.306 e. The minimum Gasteiger partial charge on any atom is -0.306 e. The molecule has 0 aliphatic carbocycles. The van der Waals surface area contributed by atoms with Gasteiger partial charge in [0.1, 0.15) is 0 Å². The second kappa shape index (κ2) is 6.59. The van der Waals surface area contributed by atoms with E-state index in [9.17, 15) is 0 Å². The van der Waals surface area contributed by atoms with Crippen molar-refractivity contribution in [1.29, 1.82) is 0 Å². The highest BCUT2D eigenvalue weighted by Crippen LogP contribution is 2.35. The summed E-state index contributed by atoms with van der Waals surface area (Å²) in [6, 6.07) is 8.22. The van der Waals surface area contributed by atoms with Gasteiger partial charge in [-0.25, -0.2) is 0 Å². The fourth-order valence-electron chi connectivity index (χ4n) is 1.95. The fourth-order valence-corrected chi connectivity index (χ4v) is 4.16. The van der Waals surface area contributed by atoms with Crippen molar-refractivity contribution in [3.8, 4) is 0 Å². The summed E-state index contributed by atoms with van der Waals surface area (Å²) in [6.45, 7) is 5.00. The molecule has 1 unspecified atom stereocenters. The minimum absolute atomic E-state index is 0.121. The van der Waals surface area contributed by atoms with Crippen molar-refractivity contribution in [2.45, 2.75) is 19.9 Å². The van der Waals surface area contributed by atoms with Gasteiger partial charge in [0.2, 0.25) is 0 Å². The van der Waals surface area contributed by atoms with Crippen molar-refractivity contribution in [2.24, 2.45) is 0 Å². The molecular weight excluding hydrogens is 365 g/mol. The average Bonchev–Trinajstić information content (AvgIpc) is 2.65. The molecule has 0 fully saturated rings. The van der Waals surface area contributed by atoms with Crippen LogP contribution < -0.4 is 5.32 Å². The Morgan fingerprint density at radius 3 is 2.53 bits per heavy atom. The summed E-state index contributed by atoms with van der Waals surface area (Å²) < 4.78 is 1.83. The third-order valence-electron chi connectivity index (χ3n) is 2.79. The summed E-state index contributed by atoms with van der Waals surface area (Å²) in [5.74, 6) is 0. The van der Waals surface area contributed by atoms with Crippen LogP contribution in [-0.4, -0.2) is 6.54 Å². The van der Waals surface area contributed by atoms with Crippen molar-refractivity contribution in [3.05, 3.63) is 54.1 Å². The van der Waals surface area contributed by atoms with E-state index in [4.69, 9.17) is 23.2 Å². The summed E-state index contributed by atoms with van der Waals surface area (Å²) in [4.78, 5) is 1.21. The Morgan fingerprint density at radius 1 is 1.26 bits per heavy atom. The van der Waals surface area contributed by atoms with Crippen LogP contribution in [0.4, 0.5) is 0 Å². The van der Waals surface area contributed by atoms with E-state index in [-0.39, 0.29) is 6.04 Å². The maximum absolute atomic E-state index is 6.18. The van der Waals surface area contributed by atoms with E-state index in [0.29, 0.717) is 0 Å². The van der Waals surface area contributed by atoms with Crippen LogP contribution in [-0.2, 0) is 0 Å². The predicted octanol–water partition coefficient (Wildman–Crippen LogP) is 5.82. The van der Waals surface area contributed by atoms with Gasteiger partial charge in [0.25, 0.3) is 0 Å². The van der Waals surface area contributed by atoms with Gasteiger partial charge in [-0.2, -0.15) is 0 Å². The van der Waals surface area contributed by atoms with Gasteiger partial charge in [0, 0.05) is 14.4 Å². The molecule has 2 aromatic rings. The standard InChI is InChI=1S/C14H14BrCl2NS/c1-3-18-13(12-4-8(2)14(17)19-12)9-5-10(15)7-11(16)6-9/h4-7,13,18H,3H2,1-2H3. The van der Waals surface area contributed by atoms with Crippen LogP contribution in [0.25, 0.3) is 0 Å². The van der Waals surface area contributed by atoms with Crippen molar-refractivity contribution in [3.63, 3.8) is 0 Å². The molecule has 0 radical (unpaired) electrons. The van der Waals surface area contributed by atoms with Crippen LogP contribution >= 0.6 is 50.5 Å². The Labute approximate surface area is 136 Å². The molecule has 2 rings (SSSR count). The van der Waals surface area contributed by atoms with Crippen LogP contribution in [0.2, 0.25) is 9.36 Å². The highest BCUT2D eigenvalue weighted by atomic mass is 79.9. The third kappa shape index (κ3) is 3.73. The molecule has 0 saturated heterocycles. The van der Waals surface area contributed by atoms with E-state index in [2.05, 4.69) is 40.3 Å². The molecule has 1 aromatic heterocycles. The highest BCUT2D eigenvalue weighted by Gasteiger charge is 2.17. The molecule has 0 amide bonds. The lowest BCUT2D eigenvalue weighted by Gasteiger charge is -2.17. The molecule has 0 bridgehead atoms. The SMILES string of the molecule is CCNC(c1cc(Cl)cc(Br)c1)c1cc(C)c(Cl)s1. The van der Waals surface area contributed by atoms with Crippen molar-refractivity contribution < 1.29 is 0 Å². The molecule has 0 aliphatic heterocycles. The van der Waals surface area contributed by atoms with E-state index in [1.807, 2.05) is 19.1 Å². The normalized spacial score (nSPS) is 12.7. The van der Waals surface area contributed by atoms with Gasteiger partial charge < -0.3 is 5.32 Å². The number of nitrogens with one attached hydrogen (secondary N) is 1. The molecule has 1 nitrogen and oxygen atoms in total. The molecule has 1 heterocycles. The molecule has 1 N–H and O–H groups in total. The number of rotatable bonds is 4. The lowest BCUT2D eigenvalue weighted by Crippen LogP contribution is -2.21. The summed E-state index contributed by atoms with van der Waals surface area (Å²) in [5.41, 5.74) is 2.25. The first-order valence-electron chi connectivity index (χ1n) is 5.96. The number of aryl methyl sites for hydroxylation is 1. The Morgan fingerprint density at radius 2 is 2.00 bits per heavy atom. The van der Waals surface area contributed by atoms with Gasteiger partial charge in [-0.3, -0.25) is 0 Å². The van der Waals surface area contributed by atoms with Crippen LogP contribution in [0.1, 0.15) is 29.0 Å². The smallest absolute Gasteiger partial charge is 0.0961 e. The lowest BCUT2D eigenvalue weighted by atomic mass is 10.0. The van der Waals surface area contributed by atoms with Crippen molar-refractivity contribution >= 4 is 50.5 Å². The second-order valence-electron chi connectivity index (χ2n) is 4.30. The monoisotopic (exact) mass is 377 g/mol. The van der Waals surface area contributed by atoms with Gasteiger partial charge in [-0.05, 0) is 48.9 Å². The first-order chi connectivity index (χ1) is 9.01. The maximum Gasteiger partial charge on any atom is 0.0961 e. The average molecular weight is 379 g/mol. The van der Waals surface area contributed by atoms with Gasteiger partial charge in [0.15, 0.2) is 0 Å². The van der Waals surface area contributed by atoms with E-state index < -0.39 is 0 Å². The van der Waals surface area contributed by atoms with E-state index in [0.717, 1.165) is 31.5 Å². The summed E-state index contributed by atoms with van der Waals surface area (Å²) in [6.07, 6.45) is 0. The fraction of sp³-hybridized carbons (Fsp3) is 0.286. The van der Waals surface area contributed by atoms with Crippen LogP contribution in [0.15, 0.2) is 28.7 Å². The van der Waals surface area contributed by atoms with Crippen LogP contribution in [0, 0.1) is 6.92 Å². The van der Waals surface area contributed by atoms with Gasteiger partial charge in [0.05, 0.1) is 10.4 Å². The first kappa shape index (κ1) is 15.3. The molecular formula is C14H14BrCl2NS. The molecule has 0 aliphatic rings. The van der Waals surface area contributed by atoms with E-state index in [1.54, 1.807) is 11.3 Å². The Bertz CT molecular complexity index is 543. The highest BCUT2D eigenvalue weighted by molar-refractivity contribution is 9.10. The van der Waals surface area contributed by atoms with Gasteiger partial charge in [-0.1, -0.05) is 46.1 Å². The summed E-state index contributed by atoms with van der Waals surface area (Å²) >= 11 is 17.4. The number of hydrogen-bond donors (Lipinski definition) is 1.